The van der Waals surface area contributed by atoms with Crippen LogP contribution in [0.15, 0.2) is 46.1 Å². The number of benzene rings is 1. The number of hydrogen-bond acceptors (Lipinski definition) is 9. The van der Waals surface area contributed by atoms with Gasteiger partial charge < -0.3 is 19.1 Å². The van der Waals surface area contributed by atoms with Crippen LogP contribution in [0.1, 0.15) is 33.9 Å². The van der Waals surface area contributed by atoms with E-state index in [9.17, 15) is 32.8 Å². The van der Waals surface area contributed by atoms with Gasteiger partial charge in [-0.1, -0.05) is 25.1 Å². The Morgan fingerprint density at radius 3 is 2.49 bits per heavy atom. The van der Waals surface area contributed by atoms with Crippen LogP contribution in [0.5, 0.6) is 5.75 Å². The van der Waals surface area contributed by atoms with Crippen LogP contribution in [0.3, 0.4) is 0 Å². The summed E-state index contributed by atoms with van der Waals surface area (Å²) in [5.74, 6) is -2.79. The molecule has 0 aliphatic carbocycles. The highest BCUT2D eigenvalue weighted by Crippen LogP contribution is 2.53. The molecule has 7 atom stereocenters. The van der Waals surface area contributed by atoms with E-state index in [0.717, 1.165) is 0 Å². The van der Waals surface area contributed by atoms with Crippen molar-refractivity contribution in [2.75, 3.05) is 12.8 Å². The molecule has 1 aromatic carbocycles. The third-order valence-electron chi connectivity index (χ3n) is 5.91. The molecule has 0 amide bonds. The number of aromatic amines is 1. The zero-order chi connectivity index (χ0) is 29.1. The minimum atomic E-state index is -4.20. The van der Waals surface area contributed by atoms with Crippen LogP contribution in [-0.4, -0.2) is 62.8 Å². The van der Waals surface area contributed by atoms with Gasteiger partial charge in [0, 0.05) is 0 Å². The summed E-state index contributed by atoms with van der Waals surface area (Å²) in [6.07, 6.45) is -6.85. The van der Waals surface area contributed by atoms with Gasteiger partial charge in [-0.3, -0.25) is 23.7 Å². The van der Waals surface area contributed by atoms with E-state index in [1.807, 2.05) is 0 Å². The largest absolute Gasteiger partial charge is 0.463 e. The van der Waals surface area contributed by atoms with E-state index in [1.165, 1.54) is 26.0 Å². The lowest BCUT2D eigenvalue weighted by atomic mass is 9.97. The van der Waals surface area contributed by atoms with E-state index >= 15 is 0 Å². The molecule has 1 aromatic heterocycles. The number of carbonyl (C=O) groups excluding carboxylic acids is 1. The summed E-state index contributed by atoms with van der Waals surface area (Å²) < 4.78 is 64.8. The van der Waals surface area contributed by atoms with Crippen molar-refractivity contribution in [2.24, 2.45) is 5.92 Å². The summed E-state index contributed by atoms with van der Waals surface area (Å²) in [6, 6.07) is 7.97. The highest BCUT2D eigenvalue weighted by atomic mass is 35.5. The van der Waals surface area contributed by atoms with Crippen molar-refractivity contribution in [1.82, 2.24) is 9.55 Å². The van der Waals surface area contributed by atoms with Gasteiger partial charge in [0.2, 0.25) is 5.82 Å². The molecular formula is C24H30ClF2N2O9P. The highest BCUT2D eigenvalue weighted by molar-refractivity contribution is 7.54. The summed E-state index contributed by atoms with van der Waals surface area (Å²) >= 11 is 6.34. The summed E-state index contributed by atoms with van der Waals surface area (Å²) in [6.45, 7) is 4.68. The smallest absolute Gasteiger partial charge is 0.380 e. The number of rotatable bonds is 11. The van der Waals surface area contributed by atoms with Gasteiger partial charge in [0.25, 0.3) is 5.56 Å². The number of aromatic nitrogens is 2. The SMILES string of the molecule is CC(C)OC(=O)[C@H](C)CP(=O)(Oc1ccccc1)O[C@H](C)[C@H]1O[C@@H](n2cc(F)c(=O)[nH]c2=O)C(Cl)(CF)[C@H]1O. The number of halogens is 3. The van der Waals surface area contributed by atoms with Crippen LogP contribution in [0, 0.1) is 11.7 Å². The fourth-order valence-electron chi connectivity index (χ4n) is 4.02. The predicted octanol–water partition coefficient (Wildman–Crippen LogP) is 3.15. The normalized spacial score (nSPS) is 26.1. The van der Waals surface area contributed by atoms with Gasteiger partial charge in [-0.2, -0.15) is 4.39 Å². The van der Waals surface area contributed by atoms with Crippen molar-refractivity contribution in [3.63, 3.8) is 0 Å². The zero-order valence-electron chi connectivity index (χ0n) is 21.6. The van der Waals surface area contributed by atoms with E-state index in [0.29, 0.717) is 10.8 Å². The number of esters is 1. The minimum Gasteiger partial charge on any atom is -0.463 e. The molecule has 2 unspecified atom stereocenters. The molecule has 0 spiro atoms. The number of alkyl halides is 2. The van der Waals surface area contributed by atoms with E-state index < -0.39 is 84.9 Å². The third kappa shape index (κ3) is 6.96. The summed E-state index contributed by atoms with van der Waals surface area (Å²) in [5.41, 5.74) is -2.48. The molecule has 216 valence electrons. The number of nitrogens with zero attached hydrogens (tertiary/aromatic N) is 1. The molecule has 11 nitrogen and oxygen atoms in total. The maximum atomic E-state index is 14.2. The molecule has 0 saturated carbocycles. The predicted molar refractivity (Wildman–Crippen MR) is 136 cm³/mol. The second-order valence-electron chi connectivity index (χ2n) is 9.50. The fraction of sp³-hybridized carbons (Fsp3) is 0.542. The number of aliphatic hydroxyl groups excluding tert-OH is 1. The molecule has 0 bridgehead atoms. The average molecular weight is 595 g/mol. The molecule has 3 rings (SSSR count). The van der Waals surface area contributed by atoms with Gasteiger partial charge in [0.1, 0.15) is 29.5 Å². The summed E-state index contributed by atoms with van der Waals surface area (Å²) in [7, 11) is -4.20. The van der Waals surface area contributed by atoms with Crippen LogP contribution in [0.25, 0.3) is 0 Å². The number of ether oxygens (including phenoxy) is 2. The fourth-order valence-corrected chi connectivity index (χ4v) is 6.39. The molecule has 2 heterocycles. The number of nitrogens with one attached hydrogen (secondary N) is 1. The standard InChI is InChI=1S/C24H30ClF2N2O9P/c1-13(2)35-21(32)14(3)11-39(34,38-16-8-6-5-7-9-16)37-15(4)18-19(30)24(25,12-26)22(36-18)29-10-17(27)20(31)28-23(29)33/h5-10,13-15,18-19,22,30H,11-12H2,1-4H3,(H,28,31,33)/t14-,15-,18-,19+,22-,24?,39?/m1/s1. The van der Waals surface area contributed by atoms with Crippen LogP contribution >= 0.6 is 19.2 Å². The molecule has 1 aliphatic heterocycles. The van der Waals surface area contributed by atoms with Crippen LogP contribution < -0.4 is 15.8 Å². The Bertz CT molecular complexity index is 1320. The number of hydrogen-bond donors (Lipinski definition) is 2. The van der Waals surface area contributed by atoms with Gasteiger partial charge in [0.15, 0.2) is 6.23 Å². The Morgan fingerprint density at radius 2 is 1.90 bits per heavy atom. The van der Waals surface area contributed by atoms with Crippen molar-refractivity contribution >= 4 is 25.2 Å². The van der Waals surface area contributed by atoms with E-state index in [4.69, 9.17) is 30.1 Å². The van der Waals surface area contributed by atoms with Gasteiger partial charge in [-0.05, 0) is 32.9 Å². The van der Waals surface area contributed by atoms with Gasteiger partial charge in [-0.25, -0.2) is 13.8 Å². The molecular weight excluding hydrogens is 565 g/mol. The molecule has 1 aliphatic rings. The Hall–Kier alpha value is -2.57. The topological polar surface area (TPSA) is 146 Å². The lowest BCUT2D eigenvalue weighted by Crippen LogP contribution is -2.48. The maximum absolute atomic E-state index is 14.2. The third-order valence-corrected chi connectivity index (χ3v) is 8.56. The molecule has 39 heavy (non-hydrogen) atoms. The van der Waals surface area contributed by atoms with Crippen molar-refractivity contribution < 1.29 is 41.8 Å². The Morgan fingerprint density at radius 1 is 1.26 bits per heavy atom. The summed E-state index contributed by atoms with van der Waals surface area (Å²) in [4.78, 5) is 35.6. The second kappa shape index (κ2) is 12.3. The molecule has 1 fully saturated rings. The lowest BCUT2D eigenvalue weighted by Gasteiger charge is -2.29. The number of carbonyl (C=O) groups is 1. The first-order valence-electron chi connectivity index (χ1n) is 12.0. The van der Waals surface area contributed by atoms with Crippen molar-refractivity contribution in [3.05, 3.63) is 63.2 Å². The average Bonchev–Trinajstić information content (AvgIpc) is 3.12. The molecule has 0 radical (unpaired) electrons. The Kier molecular flexibility index (Phi) is 9.77. The molecule has 2 aromatic rings. The lowest BCUT2D eigenvalue weighted by molar-refractivity contribution is -0.151. The Labute approximate surface area is 227 Å². The molecule has 1 saturated heterocycles. The number of para-hydroxylation sites is 1. The van der Waals surface area contributed by atoms with Gasteiger partial charge in [-0.15, -0.1) is 11.6 Å². The highest BCUT2D eigenvalue weighted by Gasteiger charge is 2.59. The van der Waals surface area contributed by atoms with Crippen molar-refractivity contribution in [3.8, 4) is 5.75 Å². The summed E-state index contributed by atoms with van der Waals surface area (Å²) in [5, 5.41) is 10.9. The monoisotopic (exact) mass is 594 g/mol. The quantitative estimate of drug-likeness (QED) is 0.227. The maximum Gasteiger partial charge on any atom is 0.380 e. The van der Waals surface area contributed by atoms with Crippen molar-refractivity contribution in [2.45, 2.75) is 63.2 Å². The number of H-pyrrole nitrogens is 1. The van der Waals surface area contributed by atoms with Crippen LogP contribution in [-0.2, 0) is 23.4 Å². The van der Waals surface area contributed by atoms with E-state index in [1.54, 1.807) is 37.0 Å². The number of aliphatic hydroxyl groups is 1. The first-order valence-corrected chi connectivity index (χ1v) is 14.1. The molecule has 2 N–H and O–H groups in total. The second-order valence-corrected chi connectivity index (χ2v) is 12.2. The van der Waals surface area contributed by atoms with Gasteiger partial charge in [0.05, 0.1) is 30.5 Å². The van der Waals surface area contributed by atoms with Crippen LogP contribution in [0.4, 0.5) is 8.78 Å². The first-order chi connectivity index (χ1) is 18.2. The van der Waals surface area contributed by atoms with Crippen LogP contribution in [0.2, 0.25) is 0 Å². The zero-order valence-corrected chi connectivity index (χ0v) is 23.2. The first kappa shape index (κ1) is 31.0. The van der Waals surface area contributed by atoms with E-state index in [-0.39, 0.29) is 5.75 Å². The minimum absolute atomic E-state index is 0.161. The van der Waals surface area contributed by atoms with Crippen molar-refractivity contribution in [1.29, 1.82) is 0 Å². The van der Waals surface area contributed by atoms with Gasteiger partial charge >= 0.3 is 19.3 Å². The Balaban J connectivity index is 1.91. The van der Waals surface area contributed by atoms with E-state index in [2.05, 4.69) is 0 Å². The molecule has 15 heteroatoms.